The molecule has 0 amide bonds. The minimum absolute atomic E-state index is 0.401. The van der Waals surface area contributed by atoms with Crippen LogP contribution in [0.3, 0.4) is 0 Å². The Morgan fingerprint density at radius 2 is 1.96 bits per heavy atom. The van der Waals surface area contributed by atoms with E-state index >= 15 is 0 Å². The first-order chi connectivity index (χ1) is 13.3. The van der Waals surface area contributed by atoms with E-state index in [1.807, 2.05) is 29.1 Å². The fraction of sp³-hybridized carbons (Fsp3) is 0.250. The van der Waals surface area contributed by atoms with Crippen LogP contribution in [0.2, 0.25) is 0 Å². The van der Waals surface area contributed by atoms with E-state index in [9.17, 15) is 0 Å². The normalized spacial score (nSPS) is 15.4. The Labute approximate surface area is 160 Å². The number of nitrogens with two attached hydrogens (primary N) is 1. The number of benzene rings is 1. The average molecular weight is 377 g/mol. The zero-order valence-corrected chi connectivity index (χ0v) is 15.5. The summed E-state index contributed by atoms with van der Waals surface area (Å²) in [6.07, 6.45) is 7.78. The number of thiazole rings is 1. The minimum Gasteiger partial charge on any atom is -0.383 e. The molecule has 136 valence electrons. The number of para-hydroxylation sites is 1. The van der Waals surface area contributed by atoms with Gasteiger partial charge in [0.25, 0.3) is 0 Å². The van der Waals surface area contributed by atoms with Crippen LogP contribution in [-0.2, 0) is 4.74 Å². The predicted octanol–water partition coefficient (Wildman–Crippen LogP) is 4.16. The minimum atomic E-state index is 0.401. The smallest absolute Gasteiger partial charge is 0.133 e. The Balaban J connectivity index is 1.51. The second-order valence-corrected chi connectivity index (χ2v) is 7.73. The molecule has 0 aliphatic carbocycles. The summed E-state index contributed by atoms with van der Waals surface area (Å²) < 4.78 is 8.64. The third-order valence-corrected chi connectivity index (χ3v) is 6.01. The maximum absolute atomic E-state index is 6.16. The summed E-state index contributed by atoms with van der Waals surface area (Å²) in [6, 6.07) is 10.6. The lowest BCUT2D eigenvalue weighted by Crippen LogP contribution is -2.19. The highest BCUT2D eigenvalue weighted by Gasteiger charge is 2.18. The van der Waals surface area contributed by atoms with Crippen molar-refractivity contribution in [3.05, 3.63) is 48.9 Å². The molecule has 1 fully saturated rings. The van der Waals surface area contributed by atoms with E-state index in [1.165, 1.54) is 0 Å². The van der Waals surface area contributed by atoms with Crippen LogP contribution >= 0.6 is 11.3 Å². The van der Waals surface area contributed by atoms with Crippen molar-refractivity contribution in [2.24, 2.45) is 0 Å². The Hall–Kier alpha value is -2.77. The lowest BCUT2D eigenvalue weighted by atomic mass is 10.1. The van der Waals surface area contributed by atoms with Gasteiger partial charge in [0.1, 0.15) is 10.8 Å². The predicted molar refractivity (Wildman–Crippen MR) is 108 cm³/mol. The van der Waals surface area contributed by atoms with Crippen molar-refractivity contribution in [2.45, 2.75) is 18.9 Å². The zero-order chi connectivity index (χ0) is 18.2. The van der Waals surface area contributed by atoms with Gasteiger partial charge in [0, 0.05) is 36.7 Å². The number of anilines is 1. The van der Waals surface area contributed by atoms with Crippen molar-refractivity contribution < 1.29 is 4.74 Å². The van der Waals surface area contributed by atoms with E-state index in [0.717, 1.165) is 58.0 Å². The van der Waals surface area contributed by atoms with E-state index in [4.69, 9.17) is 15.5 Å². The highest BCUT2D eigenvalue weighted by Crippen LogP contribution is 2.35. The molecular weight excluding hydrogens is 358 g/mol. The summed E-state index contributed by atoms with van der Waals surface area (Å²) in [6.45, 7) is 1.59. The Morgan fingerprint density at radius 1 is 1.11 bits per heavy atom. The number of nitrogens with zero attached hydrogens (tertiary/aromatic N) is 4. The molecule has 0 atom stereocenters. The molecule has 1 aromatic carbocycles. The summed E-state index contributed by atoms with van der Waals surface area (Å²) in [5.74, 6) is 0.495. The number of nitrogen functional groups attached to an aromatic ring is 1. The number of aromatic nitrogens is 4. The van der Waals surface area contributed by atoms with E-state index < -0.39 is 0 Å². The van der Waals surface area contributed by atoms with Crippen LogP contribution in [0.25, 0.3) is 31.9 Å². The third-order valence-electron chi connectivity index (χ3n) is 4.94. The van der Waals surface area contributed by atoms with Crippen molar-refractivity contribution in [1.82, 2.24) is 19.7 Å². The van der Waals surface area contributed by atoms with Crippen LogP contribution in [0.15, 0.2) is 48.9 Å². The number of rotatable bonds is 3. The van der Waals surface area contributed by atoms with Crippen molar-refractivity contribution >= 4 is 27.4 Å². The lowest BCUT2D eigenvalue weighted by molar-refractivity contribution is 0.0662. The van der Waals surface area contributed by atoms with Gasteiger partial charge in [-0.1, -0.05) is 12.1 Å². The van der Waals surface area contributed by atoms with Crippen molar-refractivity contribution in [3.8, 4) is 21.7 Å². The van der Waals surface area contributed by atoms with E-state index in [2.05, 4.69) is 28.4 Å². The molecule has 1 saturated heterocycles. The maximum Gasteiger partial charge on any atom is 0.133 e. The molecular formula is C20H19N5OS. The van der Waals surface area contributed by atoms with Gasteiger partial charge in [0.15, 0.2) is 0 Å². The highest BCUT2D eigenvalue weighted by atomic mass is 32.1. The molecule has 4 heterocycles. The molecule has 27 heavy (non-hydrogen) atoms. The molecule has 3 aromatic heterocycles. The zero-order valence-electron chi connectivity index (χ0n) is 14.7. The first-order valence-electron chi connectivity index (χ1n) is 9.02. The molecule has 0 spiro atoms. The van der Waals surface area contributed by atoms with E-state index in [-0.39, 0.29) is 0 Å². The largest absolute Gasteiger partial charge is 0.383 e. The highest BCUT2D eigenvalue weighted by molar-refractivity contribution is 7.21. The van der Waals surface area contributed by atoms with Gasteiger partial charge in [0.2, 0.25) is 0 Å². The van der Waals surface area contributed by atoms with Crippen LogP contribution in [0.4, 0.5) is 5.82 Å². The average Bonchev–Trinajstić information content (AvgIpc) is 3.36. The van der Waals surface area contributed by atoms with Crippen molar-refractivity contribution in [3.63, 3.8) is 0 Å². The molecule has 0 radical (unpaired) electrons. The Bertz CT molecular complexity index is 1060. The number of hydrogen-bond acceptors (Lipinski definition) is 6. The third kappa shape index (κ3) is 3.09. The fourth-order valence-electron chi connectivity index (χ4n) is 3.43. The first kappa shape index (κ1) is 16.4. The number of hydrogen-bond donors (Lipinski definition) is 1. The maximum atomic E-state index is 6.16. The molecule has 5 rings (SSSR count). The number of ether oxygens (including phenoxy) is 1. The summed E-state index contributed by atoms with van der Waals surface area (Å²) >= 11 is 1.63. The number of fused-ring (bicyclic) bond motifs is 1. The number of pyridine rings is 1. The van der Waals surface area contributed by atoms with E-state index in [1.54, 1.807) is 17.5 Å². The molecule has 0 unspecified atom stereocenters. The molecule has 1 aliphatic rings. The first-order valence-corrected chi connectivity index (χ1v) is 9.83. The fourth-order valence-corrected chi connectivity index (χ4v) is 4.42. The van der Waals surface area contributed by atoms with E-state index in [0.29, 0.717) is 11.9 Å². The summed E-state index contributed by atoms with van der Waals surface area (Å²) in [5, 5.41) is 5.45. The van der Waals surface area contributed by atoms with Gasteiger partial charge in [-0.3, -0.25) is 4.68 Å². The van der Waals surface area contributed by atoms with Crippen LogP contribution < -0.4 is 5.73 Å². The summed E-state index contributed by atoms with van der Waals surface area (Å²) in [5.41, 5.74) is 10.0. The molecule has 0 saturated carbocycles. The van der Waals surface area contributed by atoms with Crippen molar-refractivity contribution in [2.75, 3.05) is 18.9 Å². The monoisotopic (exact) mass is 377 g/mol. The van der Waals surface area contributed by atoms with Gasteiger partial charge in [0.05, 0.1) is 28.0 Å². The molecule has 4 aromatic rings. The van der Waals surface area contributed by atoms with Gasteiger partial charge < -0.3 is 10.5 Å². The molecule has 6 nitrogen and oxygen atoms in total. The van der Waals surface area contributed by atoms with Crippen LogP contribution in [0.5, 0.6) is 0 Å². The van der Waals surface area contributed by atoms with Gasteiger partial charge in [-0.15, -0.1) is 11.3 Å². The Kier molecular flexibility index (Phi) is 4.10. The summed E-state index contributed by atoms with van der Waals surface area (Å²) in [4.78, 5) is 9.13. The van der Waals surface area contributed by atoms with Gasteiger partial charge >= 0.3 is 0 Å². The topological polar surface area (TPSA) is 78.8 Å². The van der Waals surface area contributed by atoms with Gasteiger partial charge in [-0.05, 0) is 31.0 Å². The SMILES string of the molecule is Nc1ncc(-c2cnn(C3CCOCC3)c2)cc1-c1nc2ccccc2s1. The molecule has 0 bridgehead atoms. The van der Waals surface area contributed by atoms with Crippen LogP contribution in [0.1, 0.15) is 18.9 Å². The lowest BCUT2D eigenvalue weighted by Gasteiger charge is -2.22. The second-order valence-electron chi connectivity index (χ2n) is 6.70. The second kappa shape index (κ2) is 6.75. The Morgan fingerprint density at radius 3 is 2.81 bits per heavy atom. The van der Waals surface area contributed by atoms with Gasteiger partial charge in [-0.2, -0.15) is 5.10 Å². The standard InChI is InChI=1S/C20H19N5OS/c21-19-16(20-24-17-3-1-2-4-18(17)27-20)9-13(10-22-19)14-11-23-25(12-14)15-5-7-26-8-6-15/h1-4,9-12,15H,5-8H2,(H2,21,22). The van der Waals surface area contributed by atoms with Crippen molar-refractivity contribution in [1.29, 1.82) is 0 Å². The summed E-state index contributed by atoms with van der Waals surface area (Å²) in [7, 11) is 0. The van der Waals surface area contributed by atoms with Crippen LogP contribution in [0, 0.1) is 0 Å². The molecule has 7 heteroatoms. The van der Waals surface area contributed by atoms with Gasteiger partial charge in [-0.25, -0.2) is 9.97 Å². The van der Waals surface area contributed by atoms with Crippen LogP contribution in [-0.4, -0.2) is 33.0 Å². The molecule has 1 aliphatic heterocycles. The quantitative estimate of drug-likeness (QED) is 0.580. The molecule has 2 N–H and O–H groups in total.